The Hall–Kier alpha value is -2.04. The smallest absolute Gasteiger partial charge is 0.313 e. The molecule has 0 aromatic heterocycles. The molecule has 0 bridgehead atoms. The maximum atomic E-state index is 11.8. The van der Waals surface area contributed by atoms with Crippen LogP contribution >= 0.6 is 0 Å². The average molecular weight is 250 g/mol. The molecule has 0 fully saturated rings. The summed E-state index contributed by atoms with van der Waals surface area (Å²) < 4.78 is 5.07. The van der Waals surface area contributed by atoms with Crippen molar-refractivity contribution in [3.8, 4) is 0 Å². The molecular formula is C13H18N2O3. The molecule has 0 radical (unpaired) electrons. The molecule has 0 aliphatic carbocycles. The minimum absolute atomic E-state index is 0.330. The van der Waals surface area contributed by atoms with Crippen LogP contribution in [0.1, 0.15) is 25.3 Å². The van der Waals surface area contributed by atoms with Crippen LogP contribution in [0.25, 0.3) is 0 Å². The predicted molar refractivity (Wildman–Crippen MR) is 68.9 cm³/mol. The Morgan fingerprint density at radius 1 is 1.33 bits per heavy atom. The third kappa shape index (κ3) is 3.48. The third-order valence-electron chi connectivity index (χ3n) is 2.67. The molecule has 1 amide bonds. The summed E-state index contributed by atoms with van der Waals surface area (Å²) >= 11 is 0. The molecule has 2 atom stereocenters. The van der Waals surface area contributed by atoms with Gasteiger partial charge in [0, 0.05) is 12.7 Å². The van der Waals surface area contributed by atoms with E-state index in [0.29, 0.717) is 5.69 Å². The van der Waals surface area contributed by atoms with Crippen molar-refractivity contribution in [2.75, 3.05) is 12.8 Å². The molecule has 2 unspecified atom stereocenters. The third-order valence-corrected chi connectivity index (χ3v) is 2.67. The van der Waals surface area contributed by atoms with Crippen molar-refractivity contribution in [1.29, 1.82) is 0 Å². The van der Waals surface area contributed by atoms with E-state index in [-0.39, 0.29) is 5.91 Å². The fraction of sp³-hybridized carbons (Fsp3) is 0.385. The fourth-order valence-electron chi connectivity index (χ4n) is 1.50. The zero-order valence-corrected chi connectivity index (χ0v) is 10.8. The number of anilines is 1. The van der Waals surface area contributed by atoms with Crippen molar-refractivity contribution in [2.45, 2.75) is 25.9 Å². The number of hydrogen-bond acceptors (Lipinski definition) is 4. The molecule has 0 saturated carbocycles. The predicted octanol–water partition coefficient (Wildman–Crippen LogP) is 1.05. The van der Waals surface area contributed by atoms with Crippen molar-refractivity contribution in [1.82, 2.24) is 5.32 Å². The summed E-state index contributed by atoms with van der Waals surface area (Å²) in [6.45, 7) is 3.25. The highest BCUT2D eigenvalue weighted by atomic mass is 16.5. The number of benzene rings is 1. The molecule has 98 valence electrons. The molecule has 1 aromatic rings. The highest BCUT2D eigenvalue weighted by Gasteiger charge is 2.22. The summed E-state index contributed by atoms with van der Waals surface area (Å²) in [6.07, 6.45) is -0.800. The number of hydrogen-bond donors (Lipinski definition) is 2. The van der Waals surface area contributed by atoms with Gasteiger partial charge in [0.1, 0.15) is 0 Å². The Morgan fingerprint density at radius 3 is 2.56 bits per heavy atom. The van der Waals surface area contributed by atoms with Crippen molar-refractivity contribution < 1.29 is 14.3 Å². The number of amides is 1. The van der Waals surface area contributed by atoms with Gasteiger partial charge in [-0.3, -0.25) is 9.59 Å². The number of rotatable bonds is 4. The van der Waals surface area contributed by atoms with Crippen molar-refractivity contribution in [2.24, 2.45) is 0 Å². The van der Waals surface area contributed by atoms with E-state index < -0.39 is 18.0 Å². The maximum Gasteiger partial charge on any atom is 0.313 e. The first-order chi connectivity index (χ1) is 8.45. The molecule has 5 heteroatoms. The number of ether oxygens (including phenoxy) is 1. The molecule has 0 heterocycles. The molecule has 0 aliphatic rings. The first kappa shape index (κ1) is 14.0. The number of nitrogens with one attached hydrogen (secondary N) is 1. The van der Waals surface area contributed by atoms with E-state index in [9.17, 15) is 9.59 Å². The van der Waals surface area contributed by atoms with E-state index in [1.165, 1.54) is 14.0 Å². The van der Waals surface area contributed by atoms with Crippen LogP contribution in [0.4, 0.5) is 5.69 Å². The first-order valence-corrected chi connectivity index (χ1v) is 5.73. The van der Waals surface area contributed by atoms with E-state index in [0.717, 1.165) is 5.56 Å². The van der Waals surface area contributed by atoms with Gasteiger partial charge in [-0.15, -0.1) is 0 Å². The molecule has 0 aliphatic heterocycles. The van der Waals surface area contributed by atoms with E-state index in [1.807, 2.05) is 0 Å². The van der Waals surface area contributed by atoms with Crippen LogP contribution in [0.15, 0.2) is 24.3 Å². The quantitative estimate of drug-likeness (QED) is 0.618. The summed E-state index contributed by atoms with van der Waals surface area (Å²) in [5.74, 6) is -1.24. The molecule has 0 saturated heterocycles. The normalized spacial score (nSPS) is 13.5. The molecule has 0 spiro atoms. The number of nitrogens with two attached hydrogens (primary N) is 1. The lowest BCUT2D eigenvalue weighted by Gasteiger charge is -2.16. The summed E-state index contributed by atoms with van der Waals surface area (Å²) in [6, 6.07) is 7.04. The Bertz CT molecular complexity index is 446. The standard InChI is InChI=1S/C13H18N2O3/c1-8(10-5-4-6-11(14)7-10)13(17)18-9(2)12(16)15-3/h4-9H,14H2,1-3H3,(H,15,16). The SMILES string of the molecule is CNC(=O)C(C)OC(=O)C(C)c1cccc(N)c1. The van der Waals surface area contributed by atoms with Crippen LogP contribution in [0.5, 0.6) is 0 Å². The zero-order valence-electron chi connectivity index (χ0n) is 10.8. The number of esters is 1. The second-order valence-corrected chi connectivity index (χ2v) is 4.09. The van der Waals surface area contributed by atoms with Gasteiger partial charge in [-0.25, -0.2) is 0 Å². The number of carbonyl (C=O) groups excluding carboxylic acids is 2. The topological polar surface area (TPSA) is 81.4 Å². The van der Waals surface area contributed by atoms with Gasteiger partial charge in [0.25, 0.3) is 5.91 Å². The van der Waals surface area contributed by atoms with Crippen LogP contribution in [0, 0.1) is 0 Å². The molecule has 1 aromatic carbocycles. The van der Waals surface area contributed by atoms with E-state index in [4.69, 9.17) is 10.5 Å². The van der Waals surface area contributed by atoms with Crippen LogP contribution in [0.3, 0.4) is 0 Å². The van der Waals surface area contributed by atoms with Gasteiger partial charge in [-0.2, -0.15) is 0 Å². The van der Waals surface area contributed by atoms with Gasteiger partial charge < -0.3 is 15.8 Å². The highest BCUT2D eigenvalue weighted by Crippen LogP contribution is 2.19. The molecule has 1 rings (SSSR count). The van der Waals surface area contributed by atoms with Crippen molar-refractivity contribution in [3.63, 3.8) is 0 Å². The van der Waals surface area contributed by atoms with Gasteiger partial charge in [0.2, 0.25) is 0 Å². The van der Waals surface area contributed by atoms with Crippen LogP contribution in [-0.4, -0.2) is 25.0 Å². The van der Waals surface area contributed by atoms with E-state index in [2.05, 4.69) is 5.32 Å². The van der Waals surface area contributed by atoms with Gasteiger partial charge in [-0.05, 0) is 31.5 Å². The largest absolute Gasteiger partial charge is 0.452 e. The molecule has 3 N–H and O–H groups in total. The minimum Gasteiger partial charge on any atom is -0.452 e. The summed E-state index contributed by atoms with van der Waals surface area (Å²) in [5, 5.41) is 2.42. The molecule has 5 nitrogen and oxygen atoms in total. The molecular weight excluding hydrogens is 232 g/mol. The first-order valence-electron chi connectivity index (χ1n) is 5.73. The average Bonchev–Trinajstić information content (AvgIpc) is 2.36. The Kier molecular flexibility index (Phi) is 4.71. The summed E-state index contributed by atoms with van der Waals surface area (Å²) in [7, 11) is 1.49. The van der Waals surface area contributed by atoms with Gasteiger partial charge in [0.05, 0.1) is 5.92 Å². The zero-order chi connectivity index (χ0) is 13.7. The second kappa shape index (κ2) is 6.05. The van der Waals surface area contributed by atoms with Crippen molar-refractivity contribution in [3.05, 3.63) is 29.8 Å². The van der Waals surface area contributed by atoms with Gasteiger partial charge >= 0.3 is 5.97 Å². The number of carbonyl (C=O) groups is 2. The lowest BCUT2D eigenvalue weighted by Crippen LogP contribution is -2.34. The van der Waals surface area contributed by atoms with E-state index >= 15 is 0 Å². The van der Waals surface area contributed by atoms with Gasteiger partial charge in [-0.1, -0.05) is 12.1 Å². The van der Waals surface area contributed by atoms with Crippen LogP contribution in [0.2, 0.25) is 0 Å². The van der Waals surface area contributed by atoms with Crippen molar-refractivity contribution >= 4 is 17.6 Å². The highest BCUT2D eigenvalue weighted by molar-refractivity contribution is 5.85. The van der Waals surface area contributed by atoms with E-state index in [1.54, 1.807) is 31.2 Å². The molecule has 18 heavy (non-hydrogen) atoms. The second-order valence-electron chi connectivity index (χ2n) is 4.09. The monoisotopic (exact) mass is 250 g/mol. The minimum atomic E-state index is -0.800. The number of nitrogen functional groups attached to an aromatic ring is 1. The summed E-state index contributed by atoms with van der Waals surface area (Å²) in [4.78, 5) is 23.1. The number of likely N-dealkylation sites (N-methyl/N-ethyl adjacent to an activating group) is 1. The Morgan fingerprint density at radius 2 is 2.00 bits per heavy atom. The maximum absolute atomic E-state index is 11.8. The van der Waals surface area contributed by atoms with Crippen LogP contribution < -0.4 is 11.1 Å². The summed E-state index contributed by atoms with van der Waals surface area (Å²) in [5.41, 5.74) is 7.01. The van der Waals surface area contributed by atoms with Crippen LogP contribution in [-0.2, 0) is 14.3 Å². The fourth-order valence-corrected chi connectivity index (χ4v) is 1.50. The van der Waals surface area contributed by atoms with Gasteiger partial charge in [0.15, 0.2) is 6.10 Å². The Labute approximate surface area is 106 Å². The lowest BCUT2D eigenvalue weighted by atomic mass is 10.0. The lowest BCUT2D eigenvalue weighted by molar-refractivity contribution is -0.155. The Balaban J connectivity index is 2.70.